The van der Waals surface area contributed by atoms with Crippen LogP contribution in [0.15, 0.2) is 83.8 Å². The molecule has 2 N–H and O–H groups in total. The first-order chi connectivity index (χ1) is 17.7. The highest BCUT2D eigenvalue weighted by Crippen LogP contribution is 2.27. The van der Waals surface area contributed by atoms with Gasteiger partial charge in [0.2, 0.25) is 15.9 Å². The first kappa shape index (κ1) is 26.4. The predicted octanol–water partition coefficient (Wildman–Crippen LogP) is 3.54. The lowest BCUT2D eigenvalue weighted by molar-refractivity contribution is -0.142. The average molecular weight is 523 g/mol. The van der Waals surface area contributed by atoms with Crippen LogP contribution in [-0.2, 0) is 32.6 Å². The number of carboxylic acid groups (broad SMARTS) is 1. The van der Waals surface area contributed by atoms with E-state index in [2.05, 4.69) is 5.32 Å². The summed E-state index contributed by atoms with van der Waals surface area (Å²) in [6.45, 7) is 2.48. The minimum atomic E-state index is -3.88. The second kappa shape index (κ2) is 11.6. The summed E-state index contributed by atoms with van der Waals surface area (Å²) in [5.74, 6) is -1.15. The van der Waals surface area contributed by atoms with Crippen molar-refractivity contribution in [1.29, 1.82) is 0 Å². The van der Waals surface area contributed by atoms with E-state index in [1.807, 2.05) is 37.3 Å². The predicted molar refractivity (Wildman–Crippen MR) is 139 cm³/mol. The largest absolute Gasteiger partial charge is 0.489 e. The van der Waals surface area contributed by atoms with Crippen LogP contribution in [0.1, 0.15) is 29.5 Å². The Kier molecular flexibility index (Phi) is 8.25. The Bertz CT molecular complexity index is 1330. The second-order valence-electron chi connectivity index (χ2n) is 9.11. The third-order valence-corrected chi connectivity index (χ3v) is 8.28. The molecule has 0 aromatic heterocycles. The van der Waals surface area contributed by atoms with Crippen molar-refractivity contribution in [3.05, 3.63) is 95.6 Å². The van der Waals surface area contributed by atoms with E-state index in [9.17, 15) is 23.1 Å². The third-order valence-electron chi connectivity index (χ3n) is 6.36. The molecule has 2 unspecified atom stereocenters. The number of carbonyl (C=O) groups is 2. The number of aliphatic carboxylic acids is 1. The number of sulfonamides is 1. The van der Waals surface area contributed by atoms with E-state index in [1.165, 1.54) is 16.4 Å². The van der Waals surface area contributed by atoms with Crippen molar-refractivity contribution >= 4 is 21.9 Å². The molecule has 1 fully saturated rings. The summed E-state index contributed by atoms with van der Waals surface area (Å²) in [5, 5.41) is 12.3. The Balaban J connectivity index is 1.39. The van der Waals surface area contributed by atoms with Gasteiger partial charge in [0, 0.05) is 13.0 Å². The SMILES string of the molecule is Cc1ccc(S(=O)(=O)N2CCCC2C(=O)NC(Cc2ccc(OCc3ccccc3)cc2)C(=O)O)cc1. The molecule has 1 aliphatic heterocycles. The number of hydrogen-bond acceptors (Lipinski definition) is 5. The van der Waals surface area contributed by atoms with Crippen LogP contribution in [0.4, 0.5) is 0 Å². The molecule has 0 saturated carbocycles. The molecule has 8 nitrogen and oxygen atoms in total. The van der Waals surface area contributed by atoms with E-state index < -0.39 is 34.0 Å². The monoisotopic (exact) mass is 522 g/mol. The van der Waals surface area contributed by atoms with Gasteiger partial charge < -0.3 is 15.2 Å². The molecule has 2 atom stereocenters. The summed E-state index contributed by atoms with van der Waals surface area (Å²) in [6, 6.07) is 21.0. The fraction of sp³-hybridized carbons (Fsp3) is 0.286. The van der Waals surface area contributed by atoms with Gasteiger partial charge in [-0.3, -0.25) is 4.79 Å². The maximum atomic E-state index is 13.2. The van der Waals surface area contributed by atoms with Crippen LogP contribution in [0.5, 0.6) is 5.75 Å². The first-order valence-electron chi connectivity index (χ1n) is 12.1. The number of amides is 1. The van der Waals surface area contributed by atoms with Gasteiger partial charge in [0.1, 0.15) is 24.4 Å². The van der Waals surface area contributed by atoms with Gasteiger partial charge in [-0.25, -0.2) is 13.2 Å². The van der Waals surface area contributed by atoms with E-state index in [-0.39, 0.29) is 17.9 Å². The van der Waals surface area contributed by atoms with Gasteiger partial charge in [0.15, 0.2) is 0 Å². The zero-order chi connectivity index (χ0) is 26.4. The maximum absolute atomic E-state index is 13.2. The molecule has 9 heteroatoms. The zero-order valence-corrected chi connectivity index (χ0v) is 21.4. The number of benzene rings is 3. The number of aryl methyl sites for hydroxylation is 1. The number of carbonyl (C=O) groups excluding carboxylic acids is 1. The highest BCUT2D eigenvalue weighted by Gasteiger charge is 2.40. The lowest BCUT2D eigenvalue weighted by Crippen LogP contribution is -2.51. The molecular weight excluding hydrogens is 492 g/mol. The Morgan fingerprint density at radius 1 is 1.00 bits per heavy atom. The van der Waals surface area contributed by atoms with Crippen LogP contribution < -0.4 is 10.1 Å². The van der Waals surface area contributed by atoms with Crippen LogP contribution in [0.2, 0.25) is 0 Å². The number of rotatable bonds is 10. The van der Waals surface area contributed by atoms with Gasteiger partial charge in [-0.2, -0.15) is 4.31 Å². The third kappa shape index (κ3) is 6.55. The van der Waals surface area contributed by atoms with Crippen molar-refractivity contribution < 1.29 is 27.9 Å². The summed E-state index contributed by atoms with van der Waals surface area (Å²) in [4.78, 5) is 25.1. The van der Waals surface area contributed by atoms with Crippen LogP contribution >= 0.6 is 0 Å². The average Bonchev–Trinajstić information content (AvgIpc) is 3.40. The number of ether oxygens (including phenoxy) is 1. The van der Waals surface area contributed by atoms with Crippen LogP contribution in [0.25, 0.3) is 0 Å². The molecule has 1 heterocycles. The second-order valence-corrected chi connectivity index (χ2v) is 11.0. The normalized spacial score (nSPS) is 16.7. The number of carboxylic acids is 1. The maximum Gasteiger partial charge on any atom is 0.326 e. The van der Waals surface area contributed by atoms with Crippen LogP contribution in [0.3, 0.4) is 0 Å². The van der Waals surface area contributed by atoms with Crippen molar-refractivity contribution in [2.45, 2.75) is 49.8 Å². The van der Waals surface area contributed by atoms with Gasteiger partial charge in [0.25, 0.3) is 0 Å². The Labute approximate surface area is 216 Å². The fourth-order valence-electron chi connectivity index (χ4n) is 4.30. The Morgan fingerprint density at radius 2 is 1.68 bits per heavy atom. The summed E-state index contributed by atoms with van der Waals surface area (Å²) >= 11 is 0. The quantitative estimate of drug-likeness (QED) is 0.421. The fourth-order valence-corrected chi connectivity index (χ4v) is 5.96. The highest BCUT2D eigenvalue weighted by molar-refractivity contribution is 7.89. The van der Waals surface area contributed by atoms with Gasteiger partial charge in [0.05, 0.1) is 4.90 Å². The molecular formula is C28H30N2O6S. The van der Waals surface area contributed by atoms with E-state index in [0.717, 1.165) is 11.1 Å². The minimum absolute atomic E-state index is 0.0530. The van der Waals surface area contributed by atoms with Gasteiger partial charge >= 0.3 is 5.97 Å². The molecule has 194 valence electrons. The van der Waals surface area contributed by atoms with Crippen molar-refractivity contribution in [1.82, 2.24) is 9.62 Å². The molecule has 1 aliphatic rings. The number of nitrogens with one attached hydrogen (secondary N) is 1. The van der Waals surface area contributed by atoms with Gasteiger partial charge in [-0.05, 0) is 55.2 Å². The highest BCUT2D eigenvalue weighted by atomic mass is 32.2. The summed E-state index contributed by atoms with van der Waals surface area (Å²) in [7, 11) is -3.88. The van der Waals surface area contributed by atoms with Crippen molar-refractivity contribution in [2.75, 3.05) is 6.54 Å². The molecule has 3 aromatic rings. The molecule has 0 radical (unpaired) electrons. The standard InChI is InChI=1S/C28H30N2O6S/c1-20-9-15-24(16-10-20)37(34,35)30-17-5-8-26(30)27(31)29-25(28(32)33)18-21-11-13-23(14-12-21)36-19-22-6-3-2-4-7-22/h2-4,6-7,9-16,25-26H,5,8,17-19H2,1H3,(H,29,31)(H,32,33). The topological polar surface area (TPSA) is 113 Å². The van der Waals surface area contributed by atoms with Crippen molar-refractivity contribution in [2.24, 2.45) is 0 Å². The van der Waals surface area contributed by atoms with Crippen LogP contribution in [-0.4, -0.2) is 48.3 Å². The zero-order valence-electron chi connectivity index (χ0n) is 20.5. The van der Waals surface area contributed by atoms with E-state index >= 15 is 0 Å². The lowest BCUT2D eigenvalue weighted by Gasteiger charge is -2.25. The molecule has 1 saturated heterocycles. The minimum Gasteiger partial charge on any atom is -0.489 e. The first-order valence-corrected chi connectivity index (χ1v) is 13.6. The molecule has 1 amide bonds. The van der Waals surface area contributed by atoms with Crippen molar-refractivity contribution in [3.63, 3.8) is 0 Å². The van der Waals surface area contributed by atoms with Crippen molar-refractivity contribution in [3.8, 4) is 5.75 Å². The summed E-state index contributed by atoms with van der Waals surface area (Å²) in [6.07, 6.45) is 0.902. The smallest absolute Gasteiger partial charge is 0.326 e. The molecule has 0 spiro atoms. The van der Waals surface area contributed by atoms with Gasteiger partial charge in [-0.1, -0.05) is 60.2 Å². The molecule has 4 rings (SSSR count). The summed E-state index contributed by atoms with van der Waals surface area (Å²) in [5.41, 5.74) is 2.66. The Hall–Kier alpha value is -3.69. The Morgan fingerprint density at radius 3 is 2.32 bits per heavy atom. The molecule has 3 aromatic carbocycles. The molecule has 37 heavy (non-hydrogen) atoms. The van der Waals surface area contributed by atoms with E-state index in [0.29, 0.717) is 30.8 Å². The molecule has 0 bridgehead atoms. The lowest BCUT2D eigenvalue weighted by atomic mass is 10.1. The number of nitrogens with zero attached hydrogens (tertiary/aromatic N) is 1. The van der Waals surface area contributed by atoms with E-state index in [4.69, 9.17) is 4.74 Å². The number of hydrogen-bond donors (Lipinski definition) is 2. The summed E-state index contributed by atoms with van der Waals surface area (Å²) < 4.78 is 33.3. The van der Waals surface area contributed by atoms with Gasteiger partial charge in [-0.15, -0.1) is 0 Å². The van der Waals surface area contributed by atoms with E-state index in [1.54, 1.807) is 36.4 Å². The van der Waals surface area contributed by atoms with Crippen LogP contribution in [0, 0.1) is 6.92 Å². The molecule has 0 aliphatic carbocycles.